The van der Waals surface area contributed by atoms with Gasteiger partial charge in [0.05, 0.1) is 16.9 Å². The first-order chi connectivity index (χ1) is 17.5. The zero-order valence-electron chi connectivity index (χ0n) is 20.3. The molecule has 184 valence electrons. The van der Waals surface area contributed by atoms with Crippen LogP contribution in [0, 0.1) is 5.92 Å². The van der Waals surface area contributed by atoms with E-state index in [0.29, 0.717) is 23.0 Å². The number of nitrogens with one attached hydrogen (secondary N) is 2. The van der Waals surface area contributed by atoms with E-state index in [1.807, 2.05) is 53.4 Å². The summed E-state index contributed by atoms with van der Waals surface area (Å²) in [6.07, 6.45) is 4.48. The van der Waals surface area contributed by atoms with E-state index in [4.69, 9.17) is 5.73 Å². The molecule has 4 N–H and O–H groups in total. The van der Waals surface area contributed by atoms with Crippen molar-refractivity contribution in [2.45, 2.75) is 32.6 Å². The van der Waals surface area contributed by atoms with Crippen LogP contribution in [0.5, 0.6) is 0 Å². The molecule has 0 aliphatic carbocycles. The number of aromatic nitrogens is 3. The molecule has 0 radical (unpaired) electrons. The van der Waals surface area contributed by atoms with Gasteiger partial charge in [0.2, 0.25) is 0 Å². The summed E-state index contributed by atoms with van der Waals surface area (Å²) in [5, 5.41) is 10.7. The second-order valence-electron chi connectivity index (χ2n) is 9.28. The quantitative estimate of drug-likeness (QED) is 0.365. The van der Waals surface area contributed by atoms with Gasteiger partial charge in [-0.3, -0.25) is 14.7 Å². The highest BCUT2D eigenvalue weighted by Crippen LogP contribution is 2.25. The van der Waals surface area contributed by atoms with Crippen LogP contribution >= 0.6 is 0 Å². The number of carbonyl (C=O) groups excluding carboxylic acids is 2. The van der Waals surface area contributed by atoms with Gasteiger partial charge in [0.25, 0.3) is 11.8 Å². The number of nitrogens with two attached hydrogens (primary N) is 1. The molecule has 2 aromatic heterocycles. The van der Waals surface area contributed by atoms with Crippen LogP contribution in [0.3, 0.4) is 0 Å². The molecule has 0 saturated carbocycles. The number of amides is 2. The lowest BCUT2D eigenvalue weighted by Gasteiger charge is -2.20. The molecule has 1 unspecified atom stereocenters. The summed E-state index contributed by atoms with van der Waals surface area (Å²) >= 11 is 0. The first kappa shape index (κ1) is 23.5. The molecule has 36 heavy (non-hydrogen) atoms. The van der Waals surface area contributed by atoms with Crippen LogP contribution in [0.15, 0.2) is 60.7 Å². The van der Waals surface area contributed by atoms with Gasteiger partial charge in [0.15, 0.2) is 11.5 Å². The Morgan fingerprint density at radius 2 is 1.86 bits per heavy atom. The predicted molar refractivity (Wildman–Crippen MR) is 142 cm³/mol. The number of hydrogen-bond donors (Lipinski definition) is 3. The van der Waals surface area contributed by atoms with Crippen LogP contribution in [0.2, 0.25) is 0 Å². The molecule has 1 atom stereocenters. The second-order valence-corrected chi connectivity index (χ2v) is 9.28. The minimum Gasteiger partial charge on any atom is -0.397 e. The van der Waals surface area contributed by atoms with Gasteiger partial charge < -0.3 is 16.0 Å². The van der Waals surface area contributed by atoms with Crippen molar-refractivity contribution in [1.29, 1.82) is 0 Å². The van der Waals surface area contributed by atoms with Crippen molar-refractivity contribution in [3.05, 3.63) is 71.9 Å². The maximum atomic E-state index is 13.1. The standard InChI is InChI=1S/C28H30N6O2/c1-2-18-6-5-16-34(17-15-18)28(36)20-11-9-19(10-12-20)23-14-13-22(29)25(30-23)27(35)31-26-21-7-3-4-8-24(21)32-33-26/h3-4,7-14,18H,2,5-6,15-17,29H2,1H3,(H2,31,32,33,35). The number of likely N-dealkylation sites (tertiary alicyclic amines) is 1. The SMILES string of the molecule is CCC1CCCN(C(=O)c2ccc(-c3ccc(N)c(C(=O)Nc4n[nH]c5ccccc45)n3)cc2)CC1. The topological polar surface area (TPSA) is 117 Å². The number of H-pyrrole nitrogens is 1. The van der Waals surface area contributed by atoms with Crippen LogP contribution in [0.4, 0.5) is 11.5 Å². The van der Waals surface area contributed by atoms with Gasteiger partial charge >= 0.3 is 0 Å². The molecule has 2 aromatic carbocycles. The number of benzene rings is 2. The maximum absolute atomic E-state index is 13.1. The van der Waals surface area contributed by atoms with Gasteiger partial charge in [-0.15, -0.1) is 0 Å². The lowest BCUT2D eigenvalue weighted by atomic mass is 9.98. The molecule has 2 amide bonds. The molecule has 8 heteroatoms. The normalized spacial score (nSPS) is 16.0. The van der Waals surface area contributed by atoms with Crippen molar-refractivity contribution < 1.29 is 9.59 Å². The molecule has 1 aliphatic heterocycles. The highest BCUT2D eigenvalue weighted by atomic mass is 16.2. The number of nitrogens with zero attached hydrogens (tertiary/aromatic N) is 3. The van der Waals surface area contributed by atoms with Gasteiger partial charge in [-0.25, -0.2) is 4.98 Å². The van der Waals surface area contributed by atoms with Crippen molar-refractivity contribution >= 4 is 34.2 Å². The first-order valence-corrected chi connectivity index (χ1v) is 12.4. The van der Waals surface area contributed by atoms with Crippen LogP contribution in [-0.4, -0.2) is 45.0 Å². The number of anilines is 2. The smallest absolute Gasteiger partial charge is 0.277 e. The van der Waals surface area contributed by atoms with E-state index in [2.05, 4.69) is 27.4 Å². The largest absolute Gasteiger partial charge is 0.397 e. The molecule has 0 bridgehead atoms. The number of hydrogen-bond acceptors (Lipinski definition) is 5. The van der Waals surface area contributed by atoms with E-state index in [0.717, 1.165) is 42.4 Å². The van der Waals surface area contributed by atoms with Crippen molar-refractivity contribution in [3.8, 4) is 11.3 Å². The van der Waals surface area contributed by atoms with Crippen molar-refractivity contribution in [1.82, 2.24) is 20.1 Å². The summed E-state index contributed by atoms with van der Waals surface area (Å²) in [6, 6.07) is 18.3. The summed E-state index contributed by atoms with van der Waals surface area (Å²) in [6.45, 7) is 3.84. The van der Waals surface area contributed by atoms with E-state index < -0.39 is 5.91 Å². The fraction of sp³-hybridized carbons (Fsp3) is 0.286. The molecule has 4 aromatic rings. The van der Waals surface area contributed by atoms with Gasteiger partial charge in [-0.05, 0) is 61.6 Å². The Bertz CT molecular complexity index is 1390. The van der Waals surface area contributed by atoms with Gasteiger partial charge in [-0.1, -0.05) is 37.6 Å². The third kappa shape index (κ3) is 4.79. The van der Waals surface area contributed by atoms with E-state index in [1.54, 1.807) is 12.1 Å². The number of rotatable bonds is 5. The minimum absolute atomic E-state index is 0.0647. The molecular weight excluding hydrogens is 452 g/mol. The molecule has 3 heterocycles. The van der Waals surface area contributed by atoms with Crippen molar-refractivity contribution in [3.63, 3.8) is 0 Å². The minimum atomic E-state index is -0.440. The average Bonchev–Trinajstić information content (AvgIpc) is 3.15. The Hall–Kier alpha value is -4.20. The maximum Gasteiger partial charge on any atom is 0.277 e. The predicted octanol–water partition coefficient (Wildman–Crippen LogP) is 5.11. The second kappa shape index (κ2) is 10.2. The number of pyridine rings is 1. The highest BCUT2D eigenvalue weighted by molar-refractivity contribution is 6.09. The highest BCUT2D eigenvalue weighted by Gasteiger charge is 2.21. The summed E-state index contributed by atoms with van der Waals surface area (Å²) < 4.78 is 0. The molecule has 1 aliphatic rings. The van der Waals surface area contributed by atoms with E-state index in [9.17, 15) is 9.59 Å². The van der Waals surface area contributed by atoms with E-state index in [1.165, 1.54) is 12.8 Å². The summed E-state index contributed by atoms with van der Waals surface area (Å²) in [7, 11) is 0. The lowest BCUT2D eigenvalue weighted by molar-refractivity contribution is 0.0759. The third-order valence-corrected chi connectivity index (χ3v) is 6.98. The number of carbonyl (C=O) groups is 2. The molecule has 1 fully saturated rings. The molecule has 5 rings (SSSR count). The molecular formula is C28H30N6O2. The van der Waals surface area contributed by atoms with Gasteiger partial charge in [-0.2, -0.15) is 5.10 Å². The summed E-state index contributed by atoms with van der Waals surface area (Å²) in [4.78, 5) is 32.5. The van der Waals surface area contributed by atoms with Gasteiger partial charge in [0.1, 0.15) is 0 Å². The fourth-order valence-corrected chi connectivity index (χ4v) is 4.78. The monoisotopic (exact) mass is 482 g/mol. The zero-order chi connectivity index (χ0) is 25.1. The van der Waals surface area contributed by atoms with Crippen molar-refractivity contribution in [2.75, 3.05) is 24.1 Å². The average molecular weight is 483 g/mol. The van der Waals surface area contributed by atoms with Crippen LogP contribution in [-0.2, 0) is 0 Å². The number of para-hydroxylation sites is 1. The Morgan fingerprint density at radius 1 is 1.06 bits per heavy atom. The Labute approximate surface area is 209 Å². The van der Waals surface area contributed by atoms with E-state index >= 15 is 0 Å². The summed E-state index contributed by atoms with van der Waals surface area (Å²) in [5.41, 5.74) is 9.36. The van der Waals surface area contributed by atoms with Crippen LogP contribution in [0.25, 0.3) is 22.2 Å². The zero-order valence-corrected chi connectivity index (χ0v) is 20.3. The third-order valence-electron chi connectivity index (χ3n) is 6.98. The number of fused-ring (bicyclic) bond motifs is 1. The fourth-order valence-electron chi connectivity index (χ4n) is 4.78. The van der Waals surface area contributed by atoms with Gasteiger partial charge in [0, 0.05) is 29.6 Å². The van der Waals surface area contributed by atoms with E-state index in [-0.39, 0.29) is 17.3 Å². The Balaban J connectivity index is 1.32. The van der Waals surface area contributed by atoms with Crippen LogP contribution in [0.1, 0.15) is 53.5 Å². The Morgan fingerprint density at radius 3 is 2.67 bits per heavy atom. The van der Waals surface area contributed by atoms with Crippen molar-refractivity contribution in [2.24, 2.45) is 5.92 Å². The lowest BCUT2D eigenvalue weighted by Crippen LogP contribution is -2.32. The summed E-state index contributed by atoms with van der Waals surface area (Å²) in [5.74, 6) is 0.753. The number of aromatic amines is 1. The Kier molecular flexibility index (Phi) is 6.66. The molecule has 1 saturated heterocycles. The molecule has 8 nitrogen and oxygen atoms in total. The van der Waals surface area contributed by atoms with Crippen LogP contribution < -0.4 is 11.1 Å². The molecule has 0 spiro atoms. The first-order valence-electron chi connectivity index (χ1n) is 12.4. The number of nitrogen functional groups attached to an aromatic ring is 1.